The summed E-state index contributed by atoms with van der Waals surface area (Å²) in [6.07, 6.45) is 4.40. The molecule has 2 aromatic rings. The van der Waals surface area contributed by atoms with Crippen molar-refractivity contribution in [1.82, 2.24) is 14.9 Å². The maximum atomic E-state index is 12.7. The van der Waals surface area contributed by atoms with Crippen LogP contribution in [0.5, 0.6) is 0 Å². The van der Waals surface area contributed by atoms with Gasteiger partial charge in [0.2, 0.25) is 0 Å². The summed E-state index contributed by atoms with van der Waals surface area (Å²) in [6.45, 7) is 2.52. The molecular weight excluding hydrogens is 324 g/mol. The van der Waals surface area contributed by atoms with Crippen molar-refractivity contribution in [2.75, 3.05) is 0 Å². The predicted octanol–water partition coefficient (Wildman–Crippen LogP) is 2.13. The molecule has 1 amide bonds. The molecule has 6 nitrogen and oxygen atoms in total. The maximum absolute atomic E-state index is 12.7. The Morgan fingerprint density at radius 1 is 1.42 bits per heavy atom. The molecule has 0 spiro atoms. The fourth-order valence-electron chi connectivity index (χ4n) is 3.81. The van der Waals surface area contributed by atoms with E-state index in [0.717, 1.165) is 37.9 Å². The van der Waals surface area contributed by atoms with E-state index in [1.54, 1.807) is 4.57 Å². The van der Waals surface area contributed by atoms with Gasteiger partial charge in [0, 0.05) is 19.0 Å². The van der Waals surface area contributed by atoms with E-state index < -0.39 is 0 Å². The first-order valence-corrected chi connectivity index (χ1v) is 9.15. The van der Waals surface area contributed by atoms with Crippen LogP contribution in [0.25, 0.3) is 10.2 Å². The third kappa shape index (κ3) is 2.25. The van der Waals surface area contributed by atoms with Crippen LogP contribution in [0, 0.1) is 24.2 Å². The minimum absolute atomic E-state index is 0.0314. The first kappa shape index (κ1) is 15.3. The summed E-state index contributed by atoms with van der Waals surface area (Å²) in [4.78, 5) is 31.1. The Labute approximate surface area is 143 Å². The topological polar surface area (TPSA) is 87.8 Å². The average Bonchev–Trinajstić information content (AvgIpc) is 3.26. The monoisotopic (exact) mass is 342 g/mol. The molecule has 124 valence electrons. The van der Waals surface area contributed by atoms with Gasteiger partial charge in [-0.2, -0.15) is 5.26 Å². The lowest BCUT2D eigenvalue weighted by Gasteiger charge is -2.15. The first-order chi connectivity index (χ1) is 11.6. The molecule has 2 atom stereocenters. The zero-order valence-corrected chi connectivity index (χ0v) is 14.3. The zero-order chi connectivity index (χ0) is 16.8. The van der Waals surface area contributed by atoms with E-state index in [9.17, 15) is 9.59 Å². The normalized spacial score (nSPS) is 22.5. The number of nitrogens with one attached hydrogen (secondary N) is 1. The molecule has 3 heterocycles. The van der Waals surface area contributed by atoms with Crippen molar-refractivity contribution in [2.24, 2.45) is 5.92 Å². The molecule has 0 saturated heterocycles. The summed E-state index contributed by atoms with van der Waals surface area (Å²) in [5, 5.41) is 12.7. The van der Waals surface area contributed by atoms with Crippen LogP contribution in [-0.4, -0.2) is 21.5 Å². The quantitative estimate of drug-likeness (QED) is 0.905. The molecule has 4 rings (SSSR count). The van der Waals surface area contributed by atoms with Crippen molar-refractivity contribution >= 4 is 27.5 Å². The summed E-state index contributed by atoms with van der Waals surface area (Å²) in [7, 11) is 0. The molecule has 0 radical (unpaired) electrons. The van der Waals surface area contributed by atoms with Crippen LogP contribution in [0.2, 0.25) is 0 Å². The SMILES string of the molecule is Cc1c(C(=O)N[C@@H]2CCC[C@@H]2C#N)sc2nc3n(c(=O)c12)CCC3. The van der Waals surface area contributed by atoms with E-state index in [4.69, 9.17) is 5.26 Å². The van der Waals surface area contributed by atoms with Crippen LogP contribution < -0.4 is 10.9 Å². The third-order valence-electron chi connectivity index (χ3n) is 5.12. The molecule has 24 heavy (non-hydrogen) atoms. The Morgan fingerprint density at radius 2 is 2.25 bits per heavy atom. The van der Waals surface area contributed by atoms with Crippen LogP contribution >= 0.6 is 11.3 Å². The second kappa shape index (κ2) is 5.71. The third-order valence-corrected chi connectivity index (χ3v) is 6.30. The second-order valence-corrected chi connectivity index (χ2v) is 7.57. The number of carbonyl (C=O) groups excluding carboxylic acids is 1. The number of nitriles is 1. The number of aryl methyl sites for hydroxylation is 2. The Morgan fingerprint density at radius 3 is 3.04 bits per heavy atom. The minimum Gasteiger partial charge on any atom is -0.347 e. The van der Waals surface area contributed by atoms with E-state index >= 15 is 0 Å². The van der Waals surface area contributed by atoms with Crippen molar-refractivity contribution in [1.29, 1.82) is 5.26 Å². The van der Waals surface area contributed by atoms with E-state index in [-0.39, 0.29) is 23.4 Å². The van der Waals surface area contributed by atoms with Crippen LogP contribution in [0.1, 0.15) is 46.7 Å². The number of hydrogen-bond donors (Lipinski definition) is 1. The summed E-state index contributed by atoms with van der Waals surface area (Å²) in [5.41, 5.74) is 0.676. The number of carbonyl (C=O) groups is 1. The molecule has 7 heteroatoms. The van der Waals surface area contributed by atoms with Crippen LogP contribution in [0.3, 0.4) is 0 Å². The van der Waals surface area contributed by atoms with E-state index in [0.29, 0.717) is 27.2 Å². The van der Waals surface area contributed by atoms with E-state index in [1.165, 1.54) is 11.3 Å². The number of rotatable bonds is 2. The Hall–Kier alpha value is -2.20. The maximum Gasteiger partial charge on any atom is 0.262 e. The van der Waals surface area contributed by atoms with Gasteiger partial charge < -0.3 is 5.32 Å². The van der Waals surface area contributed by atoms with E-state index in [2.05, 4.69) is 16.4 Å². The lowest BCUT2D eigenvalue weighted by atomic mass is 10.1. The van der Waals surface area contributed by atoms with E-state index in [1.807, 2.05) is 6.92 Å². The number of hydrogen-bond acceptors (Lipinski definition) is 5. The molecule has 0 bridgehead atoms. The standard InChI is InChI=1S/C17H18N4O2S/c1-9-13-16(20-12-6-3-7-21(12)17(13)23)24-14(9)15(22)19-11-5-2-4-10(11)8-18/h10-11H,2-7H2,1H3,(H,19,22)/t10-,11-/m1/s1. The average molecular weight is 342 g/mol. The molecule has 2 aromatic heterocycles. The zero-order valence-electron chi connectivity index (χ0n) is 13.5. The summed E-state index contributed by atoms with van der Waals surface area (Å²) in [5.74, 6) is 0.518. The van der Waals surface area contributed by atoms with Gasteiger partial charge in [-0.05, 0) is 38.2 Å². The highest BCUT2D eigenvalue weighted by molar-refractivity contribution is 7.20. The highest BCUT2D eigenvalue weighted by atomic mass is 32.1. The van der Waals surface area contributed by atoms with Gasteiger partial charge in [-0.15, -0.1) is 11.3 Å². The number of fused-ring (bicyclic) bond motifs is 2. The highest BCUT2D eigenvalue weighted by Gasteiger charge is 2.30. The first-order valence-electron chi connectivity index (χ1n) is 8.33. The second-order valence-electron chi connectivity index (χ2n) is 6.57. The summed E-state index contributed by atoms with van der Waals surface area (Å²) >= 11 is 1.28. The lowest BCUT2D eigenvalue weighted by Crippen LogP contribution is -2.36. The van der Waals surface area contributed by atoms with Crippen LogP contribution in [0.4, 0.5) is 0 Å². The number of aromatic nitrogens is 2. The molecule has 1 saturated carbocycles. The minimum atomic E-state index is -0.188. The fourth-order valence-corrected chi connectivity index (χ4v) is 4.91. The van der Waals surface area contributed by atoms with Crippen molar-refractivity contribution < 1.29 is 4.79 Å². The van der Waals surface area contributed by atoms with Gasteiger partial charge in [0.05, 0.1) is 22.3 Å². The Kier molecular flexibility index (Phi) is 3.65. The van der Waals surface area contributed by atoms with Gasteiger partial charge in [-0.1, -0.05) is 0 Å². The fraction of sp³-hybridized carbons (Fsp3) is 0.529. The van der Waals surface area contributed by atoms with Gasteiger partial charge >= 0.3 is 0 Å². The van der Waals surface area contributed by atoms with Crippen molar-refractivity contribution in [3.63, 3.8) is 0 Å². The molecule has 1 N–H and O–H groups in total. The Balaban J connectivity index is 1.71. The van der Waals surface area contributed by atoms with Crippen molar-refractivity contribution in [3.05, 3.63) is 26.6 Å². The molecule has 1 aliphatic carbocycles. The lowest BCUT2D eigenvalue weighted by molar-refractivity contribution is 0.0936. The summed E-state index contributed by atoms with van der Waals surface area (Å²) < 4.78 is 1.73. The molecule has 1 aliphatic heterocycles. The Bertz CT molecular complexity index is 937. The molecule has 0 unspecified atom stereocenters. The molecular formula is C17H18N4O2S. The smallest absolute Gasteiger partial charge is 0.262 e. The number of nitrogens with zero attached hydrogens (tertiary/aromatic N) is 3. The van der Waals surface area contributed by atoms with Gasteiger partial charge in [0.15, 0.2) is 0 Å². The van der Waals surface area contributed by atoms with Gasteiger partial charge in [0.25, 0.3) is 11.5 Å². The number of amides is 1. The van der Waals surface area contributed by atoms with Gasteiger partial charge in [0.1, 0.15) is 10.7 Å². The molecule has 1 fully saturated rings. The van der Waals surface area contributed by atoms with Crippen LogP contribution in [-0.2, 0) is 13.0 Å². The van der Waals surface area contributed by atoms with Crippen LogP contribution in [0.15, 0.2) is 4.79 Å². The van der Waals surface area contributed by atoms with Crippen molar-refractivity contribution in [3.8, 4) is 6.07 Å². The van der Waals surface area contributed by atoms with Crippen molar-refractivity contribution in [2.45, 2.75) is 51.6 Å². The summed E-state index contributed by atoms with van der Waals surface area (Å²) in [6, 6.07) is 2.18. The molecule has 2 aliphatic rings. The van der Waals surface area contributed by atoms with Gasteiger partial charge in [-0.25, -0.2) is 4.98 Å². The predicted molar refractivity (Wildman–Crippen MR) is 91.1 cm³/mol. The van der Waals surface area contributed by atoms with Gasteiger partial charge in [-0.3, -0.25) is 14.2 Å². The molecule has 0 aromatic carbocycles. The largest absolute Gasteiger partial charge is 0.347 e. The highest BCUT2D eigenvalue weighted by Crippen LogP contribution is 2.30. The number of thiophene rings is 1.